The van der Waals surface area contributed by atoms with Gasteiger partial charge in [-0.05, 0) is 84.2 Å². The largest absolute Gasteiger partial charge is 0.309 e. The standard InChI is InChI=1S/C54H32N4/c1-5-22-44-36(15-1)37-16-2-6-23-45(37)55(44)33-13-9-14-34(31-33)56-46-24-7-4-18-39(46)43-32-35(29-30-48(43)56)57-49-26-11-19-40-42-21-10-20-41-38-17-3-8-25-47(38)58(54(41)42)51-28-12-27-50(57)53(51)52(40)49/h1-32H. The van der Waals surface area contributed by atoms with E-state index in [0.29, 0.717) is 0 Å². The molecular formula is C54H32N4. The molecule has 0 bridgehead atoms. The summed E-state index contributed by atoms with van der Waals surface area (Å²) >= 11 is 0. The lowest BCUT2D eigenvalue weighted by molar-refractivity contribution is 1.13. The summed E-state index contributed by atoms with van der Waals surface area (Å²) in [6.07, 6.45) is 0. The van der Waals surface area contributed by atoms with Crippen LogP contribution in [0.3, 0.4) is 0 Å². The van der Waals surface area contributed by atoms with Crippen molar-refractivity contribution in [3.05, 3.63) is 194 Å². The average Bonchev–Trinajstić information content (AvgIpc) is 3.99. The summed E-state index contributed by atoms with van der Waals surface area (Å²) in [6.45, 7) is 0. The van der Waals surface area contributed by atoms with Crippen molar-refractivity contribution >= 4 is 104 Å². The lowest BCUT2D eigenvalue weighted by Gasteiger charge is -2.13. The fraction of sp³-hybridized carbons (Fsp3) is 0. The van der Waals surface area contributed by atoms with Gasteiger partial charge in [-0.3, -0.25) is 0 Å². The van der Waals surface area contributed by atoms with Crippen molar-refractivity contribution in [1.29, 1.82) is 0 Å². The molecule has 9 aromatic carbocycles. The highest BCUT2D eigenvalue weighted by Crippen LogP contribution is 2.45. The molecule has 0 aliphatic heterocycles. The molecule has 5 aromatic heterocycles. The molecule has 0 saturated carbocycles. The fourth-order valence-corrected chi connectivity index (χ4v) is 10.6. The summed E-state index contributed by atoms with van der Waals surface area (Å²) in [5, 5.41) is 12.7. The highest BCUT2D eigenvalue weighted by atomic mass is 15.0. The first-order valence-corrected chi connectivity index (χ1v) is 20.0. The normalized spacial score (nSPS) is 12.5. The van der Waals surface area contributed by atoms with Gasteiger partial charge in [0.2, 0.25) is 0 Å². The molecule has 0 unspecified atom stereocenters. The van der Waals surface area contributed by atoms with E-state index in [9.17, 15) is 0 Å². The Labute approximate surface area is 331 Å². The van der Waals surface area contributed by atoms with Crippen LogP contribution in [0, 0.1) is 0 Å². The van der Waals surface area contributed by atoms with Crippen molar-refractivity contribution in [3.8, 4) is 17.1 Å². The van der Waals surface area contributed by atoms with Gasteiger partial charge in [0.05, 0.1) is 49.7 Å². The van der Waals surface area contributed by atoms with Gasteiger partial charge in [-0.25, -0.2) is 0 Å². The van der Waals surface area contributed by atoms with Crippen LogP contribution in [0.2, 0.25) is 0 Å². The van der Waals surface area contributed by atoms with Crippen LogP contribution in [0.25, 0.3) is 121 Å². The Balaban J connectivity index is 1.04. The molecule has 0 aliphatic carbocycles. The molecule has 58 heavy (non-hydrogen) atoms. The monoisotopic (exact) mass is 736 g/mol. The topological polar surface area (TPSA) is 19.2 Å². The SMILES string of the molecule is c1cc(-n2c3ccccc3c3ccccc32)cc(-n2c3ccccc3c3cc(-n4c5cccc6c7cccc8c9ccccc9n(c9cccc4c9c65)c78)ccc32)c1. The smallest absolute Gasteiger partial charge is 0.0619 e. The van der Waals surface area contributed by atoms with Crippen LogP contribution in [0.4, 0.5) is 0 Å². The molecule has 0 aliphatic rings. The minimum atomic E-state index is 1.13. The molecule has 5 heterocycles. The van der Waals surface area contributed by atoms with Gasteiger partial charge in [0.1, 0.15) is 0 Å². The second kappa shape index (κ2) is 10.9. The van der Waals surface area contributed by atoms with E-state index in [1.807, 2.05) is 0 Å². The molecular weight excluding hydrogens is 705 g/mol. The Morgan fingerprint density at radius 2 is 0.621 bits per heavy atom. The minimum Gasteiger partial charge on any atom is -0.309 e. The second-order valence-corrected chi connectivity index (χ2v) is 15.7. The van der Waals surface area contributed by atoms with Gasteiger partial charge in [0.15, 0.2) is 0 Å². The van der Waals surface area contributed by atoms with Crippen molar-refractivity contribution in [3.63, 3.8) is 0 Å². The summed E-state index contributed by atoms with van der Waals surface area (Å²) in [7, 11) is 0. The van der Waals surface area contributed by atoms with E-state index in [-0.39, 0.29) is 0 Å². The van der Waals surface area contributed by atoms with Crippen LogP contribution >= 0.6 is 0 Å². The summed E-state index contributed by atoms with van der Waals surface area (Å²) < 4.78 is 9.84. The van der Waals surface area contributed by atoms with Gasteiger partial charge in [0.25, 0.3) is 0 Å². The van der Waals surface area contributed by atoms with Crippen molar-refractivity contribution in [2.75, 3.05) is 0 Å². The lowest BCUT2D eigenvalue weighted by Crippen LogP contribution is -1.99. The number of aromatic nitrogens is 4. The first-order valence-electron chi connectivity index (χ1n) is 20.0. The molecule has 14 rings (SSSR count). The van der Waals surface area contributed by atoms with E-state index >= 15 is 0 Å². The number of fused-ring (bicyclic) bond motifs is 11. The predicted octanol–water partition coefficient (Wildman–Crippen LogP) is 14.1. The molecule has 14 aromatic rings. The molecule has 4 nitrogen and oxygen atoms in total. The van der Waals surface area contributed by atoms with Crippen molar-refractivity contribution < 1.29 is 0 Å². The van der Waals surface area contributed by atoms with Crippen LogP contribution in [0.5, 0.6) is 0 Å². The zero-order valence-corrected chi connectivity index (χ0v) is 31.3. The molecule has 0 fully saturated rings. The number of nitrogens with zero attached hydrogens (tertiary/aromatic N) is 4. The van der Waals surface area contributed by atoms with E-state index in [0.717, 1.165) is 17.1 Å². The lowest BCUT2D eigenvalue weighted by atomic mass is 10.0. The summed E-state index contributed by atoms with van der Waals surface area (Å²) in [4.78, 5) is 0. The number of hydrogen-bond acceptors (Lipinski definition) is 0. The molecule has 0 spiro atoms. The first-order chi connectivity index (χ1) is 28.8. The van der Waals surface area contributed by atoms with E-state index in [1.54, 1.807) is 0 Å². The van der Waals surface area contributed by atoms with E-state index in [2.05, 4.69) is 212 Å². The maximum absolute atomic E-state index is 2.51. The zero-order valence-electron chi connectivity index (χ0n) is 31.3. The first kappa shape index (κ1) is 30.4. The predicted molar refractivity (Wildman–Crippen MR) is 244 cm³/mol. The van der Waals surface area contributed by atoms with Crippen LogP contribution in [-0.4, -0.2) is 18.1 Å². The molecule has 0 N–H and O–H groups in total. The van der Waals surface area contributed by atoms with Gasteiger partial charge >= 0.3 is 0 Å². The van der Waals surface area contributed by atoms with E-state index in [4.69, 9.17) is 0 Å². The summed E-state index contributed by atoms with van der Waals surface area (Å²) in [6, 6.07) is 71.7. The Hall–Kier alpha value is -7.82. The average molecular weight is 737 g/mol. The Morgan fingerprint density at radius 3 is 1.29 bits per heavy atom. The number of para-hydroxylation sites is 5. The van der Waals surface area contributed by atoms with E-state index < -0.39 is 0 Å². The quantitative estimate of drug-likeness (QED) is 0.172. The van der Waals surface area contributed by atoms with Gasteiger partial charge in [-0.2, -0.15) is 0 Å². The molecule has 0 amide bonds. The third-order valence-corrected chi connectivity index (χ3v) is 12.9. The third-order valence-electron chi connectivity index (χ3n) is 12.9. The van der Waals surface area contributed by atoms with Crippen LogP contribution < -0.4 is 0 Å². The maximum Gasteiger partial charge on any atom is 0.0619 e. The highest BCUT2D eigenvalue weighted by Gasteiger charge is 2.23. The third kappa shape index (κ3) is 3.75. The number of hydrogen-bond donors (Lipinski definition) is 0. The molecule has 268 valence electrons. The Kier molecular flexibility index (Phi) is 5.73. The maximum atomic E-state index is 2.51. The van der Waals surface area contributed by atoms with Gasteiger partial charge < -0.3 is 18.1 Å². The van der Waals surface area contributed by atoms with E-state index in [1.165, 1.54) is 104 Å². The van der Waals surface area contributed by atoms with Crippen molar-refractivity contribution in [1.82, 2.24) is 18.1 Å². The number of benzene rings is 9. The summed E-state index contributed by atoms with van der Waals surface area (Å²) in [5.74, 6) is 0. The van der Waals surface area contributed by atoms with Crippen LogP contribution in [0.1, 0.15) is 0 Å². The van der Waals surface area contributed by atoms with Crippen LogP contribution in [-0.2, 0) is 0 Å². The number of rotatable bonds is 3. The molecule has 0 radical (unpaired) electrons. The Bertz CT molecular complexity index is 3980. The second-order valence-electron chi connectivity index (χ2n) is 15.7. The molecule has 4 heteroatoms. The van der Waals surface area contributed by atoms with Gasteiger partial charge in [-0.1, -0.05) is 115 Å². The molecule has 0 atom stereocenters. The molecule has 0 saturated heterocycles. The van der Waals surface area contributed by atoms with Crippen molar-refractivity contribution in [2.24, 2.45) is 0 Å². The minimum absolute atomic E-state index is 1.13. The summed E-state index contributed by atoms with van der Waals surface area (Å²) in [5.41, 5.74) is 14.4. The van der Waals surface area contributed by atoms with Crippen LogP contribution in [0.15, 0.2) is 194 Å². The van der Waals surface area contributed by atoms with Gasteiger partial charge in [-0.15, -0.1) is 0 Å². The highest BCUT2D eigenvalue weighted by molar-refractivity contribution is 6.31. The van der Waals surface area contributed by atoms with Crippen molar-refractivity contribution in [2.45, 2.75) is 0 Å². The zero-order chi connectivity index (χ0) is 37.6. The van der Waals surface area contributed by atoms with Gasteiger partial charge in [0, 0.05) is 65.5 Å². The Morgan fingerprint density at radius 1 is 0.224 bits per heavy atom. The fourth-order valence-electron chi connectivity index (χ4n) is 10.6.